The Balaban J connectivity index is 1.59. The third kappa shape index (κ3) is 1.48. The lowest BCUT2D eigenvalue weighted by atomic mass is 9.35. The van der Waals surface area contributed by atoms with Gasteiger partial charge in [-0.2, -0.15) is 0 Å². The summed E-state index contributed by atoms with van der Waals surface area (Å²) in [7, 11) is 0. The first-order valence-corrected chi connectivity index (χ1v) is 6.07. The van der Waals surface area contributed by atoms with E-state index in [1.54, 1.807) is 0 Å². The smallest absolute Gasteiger partial charge is 0.249 e. The van der Waals surface area contributed by atoms with E-state index in [9.17, 15) is 14.4 Å². The van der Waals surface area contributed by atoms with E-state index in [0.717, 1.165) is 19.3 Å². The first-order chi connectivity index (χ1) is 7.92. The highest BCUT2D eigenvalue weighted by Gasteiger charge is 2.68. The third-order valence-electron chi connectivity index (χ3n) is 4.32. The molecule has 3 amide bonds. The maximum Gasteiger partial charge on any atom is 0.249 e. The van der Waals surface area contributed by atoms with Crippen molar-refractivity contribution < 1.29 is 14.4 Å². The predicted molar refractivity (Wildman–Crippen MR) is 58.7 cm³/mol. The van der Waals surface area contributed by atoms with Crippen LogP contribution in [0.5, 0.6) is 0 Å². The average Bonchev–Trinajstić information content (AvgIpc) is 2.16. The molecule has 0 aromatic carbocycles. The number of imide groups is 1. The molecule has 0 radical (unpaired) electrons. The lowest BCUT2D eigenvalue weighted by Crippen LogP contribution is -2.68. The van der Waals surface area contributed by atoms with Crippen LogP contribution >= 0.6 is 0 Å². The molecule has 2 N–H and O–H groups in total. The summed E-state index contributed by atoms with van der Waals surface area (Å²) in [5, 5.41) is 5.03. The van der Waals surface area contributed by atoms with Crippen LogP contribution in [0.25, 0.3) is 0 Å². The van der Waals surface area contributed by atoms with Gasteiger partial charge in [-0.05, 0) is 31.1 Å². The number of piperidine rings is 1. The standard InChI is InChI=1S/C12H16N2O3/c1-11-4-12(5-11,6-11)10(17)13-7-2-3-8(15)14-9(7)16/h7H,2-6H2,1H3,(H,13,17)(H,14,15,16). The van der Waals surface area contributed by atoms with Crippen LogP contribution in [0.15, 0.2) is 0 Å². The largest absolute Gasteiger partial charge is 0.344 e. The van der Waals surface area contributed by atoms with Gasteiger partial charge < -0.3 is 5.32 Å². The minimum atomic E-state index is -0.526. The molecule has 0 spiro atoms. The van der Waals surface area contributed by atoms with Crippen LogP contribution in [0.2, 0.25) is 0 Å². The van der Waals surface area contributed by atoms with Crippen molar-refractivity contribution in [1.82, 2.24) is 10.6 Å². The molecule has 1 unspecified atom stereocenters. The highest BCUT2D eigenvalue weighted by molar-refractivity contribution is 6.02. The highest BCUT2D eigenvalue weighted by Crippen LogP contribution is 2.73. The van der Waals surface area contributed by atoms with Crippen LogP contribution in [0.3, 0.4) is 0 Å². The van der Waals surface area contributed by atoms with Gasteiger partial charge >= 0.3 is 0 Å². The SMILES string of the molecule is CC12CC(C(=O)NC3CCC(=O)NC3=O)(C1)C2. The number of rotatable bonds is 2. The second-order valence-electron chi connectivity index (χ2n) is 6.10. The fraction of sp³-hybridized carbons (Fsp3) is 0.750. The molecule has 17 heavy (non-hydrogen) atoms. The minimum absolute atomic E-state index is 0.00396. The van der Waals surface area contributed by atoms with Crippen LogP contribution in [0.4, 0.5) is 0 Å². The maximum absolute atomic E-state index is 12.0. The van der Waals surface area contributed by atoms with Crippen LogP contribution in [0.1, 0.15) is 39.0 Å². The topological polar surface area (TPSA) is 75.3 Å². The zero-order valence-electron chi connectivity index (χ0n) is 9.84. The van der Waals surface area contributed by atoms with Gasteiger partial charge in [-0.1, -0.05) is 6.92 Å². The molecule has 4 rings (SSSR count). The number of hydrogen-bond acceptors (Lipinski definition) is 3. The zero-order valence-corrected chi connectivity index (χ0v) is 9.84. The molecule has 5 heteroatoms. The van der Waals surface area contributed by atoms with Gasteiger partial charge in [0.15, 0.2) is 0 Å². The van der Waals surface area contributed by atoms with Crippen molar-refractivity contribution >= 4 is 17.7 Å². The van der Waals surface area contributed by atoms with E-state index in [-0.39, 0.29) is 23.1 Å². The Morgan fingerprint density at radius 2 is 2.00 bits per heavy atom. The lowest BCUT2D eigenvalue weighted by Gasteiger charge is -2.68. The van der Waals surface area contributed by atoms with Crippen molar-refractivity contribution in [3.8, 4) is 0 Å². The summed E-state index contributed by atoms with van der Waals surface area (Å²) in [5.41, 5.74) is 0.179. The predicted octanol–water partition coefficient (Wildman–Crippen LogP) is 0.0980. The molecule has 0 aromatic heterocycles. The van der Waals surface area contributed by atoms with Crippen LogP contribution < -0.4 is 10.6 Å². The molecule has 3 aliphatic carbocycles. The Bertz CT molecular complexity index is 410. The number of hydrogen-bond donors (Lipinski definition) is 2. The number of amides is 3. The highest BCUT2D eigenvalue weighted by atomic mass is 16.2. The number of carbonyl (C=O) groups excluding carboxylic acids is 3. The lowest BCUT2D eigenvalue weighted by molar-refractivity contribution is -0.200. The van der Waals surface area contributed by atoms with Gasteiger partial charge in [0.2, 0.25) is 17.7 Å². The molecule has 1 aliphatic heterocycles. The molecule has 2 bridgehead atoms. The maximum atomic E-state index is 12.0. The average molecular weight is 236 g/mol. The molecule has 4 fully saturated rings. The zero-order chi connectivity index (χ0) is 12.3. The number of carbonyl (C=O) groups is 3. The van der Waals surface area contributed by atoms with E-state index in [2.05, 4.69) is 17.6 Å². The molecule has 1 atom stereocenters. The molecule has 3 saturated carbocycles. The molecular weight excluding hydrogens is 220 g/mol. The van der Waals surface area contributed by atoms with Crippen molar-refractivity contribution in [2.24, 2.45) is 10.8 Å². The quantitative estimate of drug-likeness (QED) is 0.668. The molecule has 5 nitrogen and oxygen atoms in total. The molecule has 0 aromatic rings. The van der Waals surface area contributed by atoms with E-state index < -0.39 is 6.04 Å². The van der Waals surface area contributed by atoms with Gasteiger partial charge in [0.1, 0.15) is 6.04 Å². The van der Waals surface area contributed by atoms with Crippen molar-refractivity contribution in [2.45, 2.75) is 45.1 Å². The summed E-state index contributed by atoms with van der Waals surface area (Å²) in [6.07, 6.45) is 3.56. The normalized spacial score (nSPS) is 43.2. The van der Waals surface area contributed by atoms with E-state index >= 15 is 0 Å². The van der Waals surface area contributed by atoms with Crippen molar-refractivity contribution in [1.29, 1.82) is 0 Å². The summed E-state index contributed by atoms with van der Waals surface area (Å²) in [6.45, 7) is 2.19. The van der Waals surface area contributed by atoms with Gasteiger partial charge in [-0.25, -0.2) is 0 Å². The van der Waals surface area contributed by atoms with Crippen LogP contribution in [0, 0.1) is 10.8 Å². The molecular formula is C12H16N2O3. The second kappa shape index (κ2) is 3.09. The Hall–Kier alpha value is -1.39. The molecule has 1 saturated heterocycles. The monoisotopic (exact) mass is 236 g/mol. The van der Waals surface area contributed by atoms with Crippen LogP contribution in [-0.4, -0.2) is 23.8 Å². The van der Waals surface area contributed by atoms with Gasteiger partial charge in [-0.3, -0.25) is 19.7 Å². The Kier molecular flexibility index (Phi) is 1.95. The second-order valence-corrected chi connectivity index (χ2v) is 6.10. The summed E-state index contributed by atoms with van der Waals surface area (Å²) in [5.74, 6) is -0.623. The minimum Gasteiger partial charge on any atom is -0.344 e. The van der Waals surface area contributed by atoms with Crippen LogP contribution in [-0.2, 0) is 14.4 Å². The fourth-order valence-electron chi connectivity index (χ4n) is 3.68. The van der Waals surface area contributed by atoms with Gasteiger partial charge in [0, 0.05) is 6.42 Å². The van der Waals surface area contributed by atoms with Gasteiger partial charge in [0.05, 0.1) is 5.41 Å². The number of nitrogens with one attached hydrogen (secondary N) is 2. The Morgan fingerprint density at radius 3 is 2.53 bits per heavy atom. The summed E-state index contributed by atoms with van der Waals surface area (Å²) >= 11 is 0. The van der Waals surface area contributed by atoms with Gasteiger partial charge in [0.25, 0.3) is 0 Å². The van der Waals surface area contributed by atoms with Crippen molar-refractivity contribution in [2.75, 3.05) is 0 Å². The van der Waals surface area contributed by atoms with E-state index in [1.165, 1.54) is 0 Å². The van der Waals surface area contributed by atoms with E-state index in [0.29, 0.717) is 18.3 Å². The molecule has 1 heterocycles. The molecule has 4 aliphatic rings. The summed E-state index contributed by atoms with van der Waals surface area (Å²) < 4.78 is 0. The Morgan fingerprint density at radius 1 is 1.35 bits per heavy atom. The van der Waals surface area contributed by atoms with E-state index in [4.69, 9.17) is 0 Å². The first-order valence-electron chi connectivity index (χ1n) is 6.07. The van der Waals surface area contributed by atoms with E-state index in [1.807, 2.05) is 0 Å². The third-order valence-corrected chi connectivity index (χ3v) is 4.32. The van der Waals surface area contributed by atoms with Crippen molar-refractivity contribution in [3.05, 3.63) is 0 Å². The summed E-state index contributed by atoms with van der Waals surface area (Å²) in [4.78, 5) is 34.5. The van der Waals surface area contributed by atoms with Crippen molar-refractivity contribution in [3.63, 3.8) is 0 Å². The Labute approximate surface area is 99.3 Å². The van der Waals surface area contributed by atoms with Gasteiger partial charge in [-0.15, -0.1) is 0 Å². The fourth-order valence-corrected chi connectivity index (χ4v) is 3.68. The first kappa shape index (κ1) is 10.7. The summed E-state index contributed by atoms with van der Waals surface area (Å²) in [6, 6.07) is -0.526. The molecule has 92 valence electrons.